The van der Waals surface area contributed by atoms with Gasteiger partial charge in [-0.25, -0.2) is 13.4 Å². The molecule has 94 valence electrons. The van der Waals surface area contributed by atoms with Crippen molar-refractivity contribution in [3.63, 3.8) is 0 Å². The molecule has 0 bridgehead atoms. The van der Waals surface area contributed by atoms with Gasteiger partial charge in [0.25, 0.3) is 10.0 Å². The third-order valence-corrected chi connectivity index (χ3v) is 4.31. The number of para-hydroxylation sites is 1. The number of hydrogen-bond acceptors (Lipinski definition) is 4. The van der Waals surface area contributed by atoms with Gasteiger partial charge in [0, 0.05) is 10.7 Å². The second-order valence-corrected chi connectivity index (χ2v) is 5.98. The molecule has 0 amide bonds. The van der Waals surface area contributed by atoms with E-state index in [1.807, 2.05) is 0 Å². The van der Waals surface area contributed by atoms with E-state index in [0.717, 1.165) is 0 Å². The third-order valence-electron chi connectivity index (χ3n) is 2.21. The Kier molecular flexibility index (Phi) is 3.53. The molecule has 0 atom stereocenters. The van der Waals surface area contributed by atoms with Crippen LogP contribution in [0.25, 0.3) is 0 Å². The molecule has 18 heavy (non-hydrogen) atoms. The molecule has 3 N–H and O–H groups in total. The van der Waals surface area contributed by atoms with Crippen molar-refractivity contribution in [1.82, 2.24) is 4.98 Å². The summed E-state index contributed by atoms with van der Waals surface area (Å²) in [4.78, 5) is 3.72. The Balaban J connectivity index is 2.40. The Hall–Kier alpha value is -1.60. The average molecular weight is 328 g/mol. The Labute approximate surface area is 113 Å². The van der Waals surface area contributed by atoms with Crippen molar-refractivity contribution in [3.05, 3.63) is 47.1 Å². The molecule has 1 aromatic heterocycles. The van der Waals surface area contributed by atoms with Crippen molar-refractivity contribution in [2.75, 3.05) is 10.5 Å². The number of halogens is 1. The monoisotopic (exact) mass is 327 g/mol. The van der Waals surface area contributed by atoms with Crippen LogP contribution in [0.5, 0.6) is 0 Å². The molecule has 2 rings (SSSR count). The second-order valence-electron chi connectivity index (χ2n) is 3.47. The fourth-order valence-electron chi connectivity index (χ4n) is 1.37. The molecule has 0 aliphatic heterocycles. The lowest BCUT2D eigenvalue weighted by Gasteiger charge is -2.10. The average Bonchev–Trinajstić information content (AvgIpc) is 2.32. The first-order valence-electron chi connectivity index (χ1n) is 4.98. The van der Waals surface area contributed by atoms with Gasteiger partial charge < -0.3 is 5.73 Å². The molecule has 1 aromatic carbocycles. The second kappa shape index (κ2) is 4.95. The van der Waals surface area contributed by atoms with E-state index in [1.165, 1.54) is 18.3 Å². The van der Waals surface area contributed by atoms with E-state index in [-0.39, 0.29) is 10.7 Å². The standard InChI is InChI=1S/C11H10BrN3O2S/c12-8-4-1-2-5-9(8)15-18(16,17)10-6-3-7-14-11(10)13/h1-7,15H,(H2,13,14). The highest BCUT2D eigenvalue weighted by Gasteiger charge is 2.18. The van der Waals surface area contributed by atoms with E-state index in [4.69, 9.17) is 5.73 Å². The van der Waals surface area contributed by atoms with Crippen molar-refractivity contribution in [1.29, 1.82) is 0 Å². The smallest absolute Gasteiger partial charge is 0.265 e. The third kappa shape index (κ3) is 2.62. The van der Waals surface area contributed by atoms with Crippen molar-refractivity contribution in [3.8, 4) is 0 Å². The van der Waals surface area contributed by atoms with Crippen molar-refractivity contribution in [2.24, 2.45) is 0 Å². The summed E-state index contributed by atoms with van der Waals surface area (Å²) in [5.74, 6) is -0.0305. The summed E-state index contributed by atoms with van der Waals surface area (Å²) in [5.41, 5.74) is 6.00. The number of nitrogens with one attached hydrogen (secondary N) is 1. The molecular weight excluding hydrogens is 318 g/mol. The van der Waals surface area contributed by atoms with Gasteiger partial charge in [0.2, 0.25) is 0 Å². The van der Waals surface area contributed by atoms with Crippen LogP contribution in [0.2, 0.25) is 0 Å². The molecule has 5 nitrogen and oxygen atoms in total. The maximum atomic E-state index is 12.1. The predicted molar refractivity (Wildman–Crippen MR) is 73.6 cm³/mol. The van der Waals surface area contributed by atoms with Gasteiger partial charge in [-0.05, 0) is 40.2 Å². The van der Waals surface area contributed by atoms with Crippen molar-refractivity contribution in [2.45, 2.75) is 4.90 Å². The first kappa shape index (κ1) is 12.8. The van der Waals surface area contributed by atoms with Crippen LogP contribution in [-0.2, 0) is 10.0 Å². The summed E-state index contributed by atoms with van der Waals surface area (Å²) in [7, 11) is -3.73. The van der Waals surface area contributed by atoms with Gasteiger partial charge in [-0.15, -0.1) is 0 Å². The Morgan fingerprint density at radius 3 is 2.56 bits per heavy atom. The van der Waals surface area contributed by atoms with Crippen molar-refractivity contribution >= 4 is 37.5 Å². The van der Waals surface area contributed by atoms with Gasteiger partial charge in [-0.3, -0.25) is 4.72 Å². The van der Waals surface area contributed by atoms with E-state index >= 15 is 0 Å². The number of nitrogen functional groups attached to an aromatic ring is 1. The lowest BCUT2D eigenvalue weighted by atomic mass is 10.3. The van der Waals surface area contributed by atoms with Gasteiger partial charge in [0.05, 0.1) is 5.69 Å². The molecule has 0 unspecified atom stereocenters. The minimum atomic E-state index is -3.73. The molecule has 7 heteroatoms. The highest BCUT2D eigenvalue weighted by molar-refractivity contribution is 9.10. The van der Waals surface area contributed by atoms with Crippen molar-refractivity contribution < 1.29 is 8.42 Å². The molecule has 0 aliphatic rings. The lowest BCUT2D eigenvalue weighted by molar-refractivity contribution is 0.601. The number of hydrogen-bond donors (Lipinski definition) is 2. The Morgan fingerprint density at radius 2 is 1.89 bits per heavy atom. The number of rotatable bonds is 3. The summed E-state index contributed by atoms with van der Waals surface area (Å²) < 4.78 is 27.3. The minimum Gasteiger partial charge on any atom is -0.383 e. The largest absolute Gasteiger partial charge is 0.383 e. The summed E-state index contributed by atoms with van der Waals surface area (Å²) in [6, 6.07) is 9.83. The molecule has 2 aromatic rings. The van der Waals surface area contributed by atoms with Gasteiger partial charge in [-0.1, -0.05) is 12.1 Å². The Morgan fingerprint density at radius 1 is 1.17 bits per heavy atom. The number of aromatic nitrogens is 1. The molecule has 0 saturated heterocycles. The van der Waals surface area contributed by atoms with Crippen LogP contribution in [0.1, 0.15) is 0 Å². The number of benzene rings is 1. The normalized spacial score (nSPS) is 11.2. The quantitative estimate of drug-likeness (QED) is 0.905. The summed E-state index contributed by atoms with van der Waals surface area (Å²) in [5, 5.41) is 0. The van der Waals surface area contributed by atoms with Crippen LogP contribution >= 0.6 is 15.9 Å². The van der Waals surface area contributed by atoms with Crippen LogP contribution in [0.3, 0.4) is 0 Å². The molecule has 0 radical (unpaired) electrons. The molecule has 0 saturated carbocycles. The summed E-state index contributed by atoms with van der Waals surface area (Å²) in [6.45, 7) is 0. The van der Waals surface area contributed by atoms with Crippen LogP contribution in [0, 0.1) is 0 Å². The predicted octanol–water partition coefficient (Wildman–Crippen LogP) is 2.23. The highest BCUT2D eigenvalue weighted by Crippen LogP contribution is 2.25. The van der Waals surface area contributed by atoms with Gasteiger partial charge >= 0.3 is 0 Å². The van der Waals surface area contributed by atoms with E-state index in [1.54, 1.807) is 24.3 Å². The highest BCUT2D eigenvalue weighted by atomic mass is 79.9. The van der Waals surface area contributed by atoms with Crippen LogP contribution in [0.15, 0.2) is 52.0 Å². The van der Waals surface area contributed by atoms with E-state index in [0.29, 0.717) is 10.2 Å². The van der Waals surface area contributed by atoms with E-state index in [2.05, 4.69) is 25.6 Å². The summed E-state index contributed by atoms with van der Waals surface area (Å²) in [6.07, 6.45) is 1.44. The van der Waals surface area contributed by atoms with Crippen LogP contribution in [0.4, 0.5) is 11.5 Å². The zero-order valence-corrected chi connectivity index (χ0v) is 11.6. The zero-order chi connectivity index (χ0) is 13.2. The first-order valence-corrected chi connectivity index (χ1v) is 7.26. The first-order chi connectivity index (χ1) is 8.50. The number of nitrogens with zero attached hydrogens (tertiary/aromatic N) is 1. The molecule has 1 heterocycles. The Bertz CT molecular complexity index is 673. The lowest BCUT2D eigenvalue weighted by Crippen LogP contribution is -2.15. The molecule has 0 fully saturated rings. The zero-order valence-electron chi connectivity index (χ0n) is 9.17. The number of anilines is 2. The molecular formula is C11H10BrN3O2S. The van der Waals surface area contributed by atoms with Gasteiger partial charge in [0.1, 0.15) is 10.7 Å². The van der Waals surface area contributed by atoms with Gasteiger partial charge in [0.15, 0.2) is 0 Å². The summed E-state index contributed by atoms with van der Waals surface area (Å²) >= 11 is 3.27. The fraction of sp³-hybridized carbons (Fsp3) is 0. The maximum absolute atomic E-state index is 12.1. The number of nitrogens with two attached hydrogens (primary N) is 1. The van der Waals surface area contributed by atoms with Gasteiger partial charge in [-0.2, -0.15) is 0 Å². The minimum absolute atomic E-state index is 0.0305. The molecule has 0 spiro atoms. The topological polar surface area (TPSA) is 85.1 Å². The van der Waals surface area contributed by atoms with Crippen LogP contribution in [-0.4, -0.2) is 13.4 Å². The number of pyridine rings is 1. The number of sulfonamides is 1. The molecule has 0 aliphatic carbocycles. The van der Waals surface area contributed by atoms with E-state index in [9.17, 15) is 8.42 Å². The fourth-order valence-corrected chi connectivity index (χ4v) is 3.05. The van der Waals surface area contributed by atoms with Crippen LogP contribution < -0.4 is 10.5 Å². The maximum Gasteiger partial charge on any atom is 0.265 e. The van der Waals surface area contributed by atoms with E-state index < -0.39 is 10.0 Å². The SMILES string of the molecule is Nc1ncccc1S(=O)(=O)Nc1ccccc1Br.